The number of halogens is 2. The topological polar surface area (TPSA) is 29.1 Å². The van der Waals surface area contributed by atoms with Gasteiger partial charge in [-0.3, -0.25) is 4.79 Å². The Bertz CT molecular complexity index is 623. The first-order valence-electron chi connectivity index (χ1n) is 6.44. The lowest BCUT2D eigenvalue weighted by molar-refractivity contribution is -0.115. The number of hydrogen-bond acceptors (Lipinski definition) is 2. The highest BCUT2D eigenvalue weighted by molar-refractivity contribution is 8.00. The summed E-state index contributed by atoms with van der Waals surface area (Å²) in [6.45, 7) is 3.90. The van der Waals surface area contributed by atoms with Gasteiger partial charge in [-0.1, -0.05) is 40.9 Å². The minimum Gasteiger partial charge on any atom is -0.325 e. The standard InChI is InChI=1S/C16H15Cl2NOS/c1-10-3-5-15(6-4-10)21-11(2)16(20)19-14-8-12(17)7-13(18)9-14/h3-9,11H,1-2H3,(H,19,20)/t11-/m1/s1. The molecule has 0 aliphatic heterocycles. The van der Waals surface area contributed by atoms with Gasteiger partial charge in [0.15, 0.2) is 0 Å². The van der Waals surface area contributed by atoms with Crippen molar-refractivity contribution in [3.8, 4) is 0 Å². The van der Waals surface area contributed by atoms with Crippen molar-refractivity contribution in [2.24, 2.45) is 0 Å². The summed E-state index contributed by atoms with van der Waals surface area (Å²) in [4.78, 5) is 13.3. The predicted octanol–water partition coefficient (Wildman–Crippen LogP) is 5.42. The van der Waals surface area contributed by atoms with Crippen LogP contribution < -0.4 is 5.32 Å². The highest BCUT2D eigenvalue weighted by Gasteiger charge is 2.15. The Morgan fingerprint density at radius 2 is 1.67 bits per heavy atom. The van der Waals surface area contributed by atoms with Crippen molar-refractivity contribution >= 4 is 46.6 Å². The van der Waals surface area contributed by atoms with E-state index in [0.717, 1.165) is 4.90 Å². The molecule has 2 aromatic carbocycles. The minimum atomic E-state index is -0.217. The summed E-state index contributed by atoms with van der Waals surface area (Å²) in [5.41, 5.74) is 1.80. The summed E-state index contributed by atoms with van der Waals surface area (Å²) in [6.07, 6.45) is 0. The van der Waals surface area contributed by atoms with Crippen LogP contribution in [0.4, 0.5) is 5.69 Å². The summed E-state index contributed by atoms with van der Waals surface area (Å²) in [5, 5.41) is 3.60. The van der Waals surface area contributed by atoms with Gasteiger partial charge in [0.25, 0.3) is 0 Å². The smallest absolute Gasteiger partial charge is 0.237 e. The van der Waals surface area contributed by atoms with Gasteiger partial charge in [0.05, 0.1) is 5.25 Å². The number of benzene rings is 2. The molecule has 2 nitrogen and oxygen atoms in total. The first kappa shape index (κ1) is 16.2. The van der Waals surface area contributed by atoms with Gasteiger partial charge in [-0.25, -0.2) is 0 Å². The molecule has 0 fully saturated rings. The van der Waals surface area contributed by atoms with Crippen LogP contribution in [0.15, 0.2) is 47.4 Å². The molecule has 5 heteroatoms. The lowest BCUT2D eigenvalue weighted by Gasteiger charge is -2.12. The van der Waals surface area contributed by atoms with Crippen LogP contribution in [0.5, 0.6) is 0 Å². The third-order valence-corrected chi connectivity index (χ3v) is 4.38. The van der Waals surface area contributed by atoms with Gasteiger partial charge < -0.3 is 5.32 Å². The van der Waals surface area contributed by atoms with E-state index >= 15 is 0 Å². The molecule has 1 amide bonds. The quantitative estimate of drug-likeness (QED) is 0.753. The molecule has 0 saturated carbocycles. The third-order valence-electron chi connectivity index (χ3n) is 2.83. The van der Waals surface area contributed by atoms with Gasteiger partial charge in [0.2, 0.25) is 5.91 Å². The van der Waals surface area contributed by atoms with E-state index in [1.54, 1.807) is 18.2 Å². The predicted molar refractivity (Wildman–Crippen MR) is 91.6 cm³/mol. The SMILES string of the molecule is Cc1ccc(S[C@H](C)C(=O)Nc2cc(Cl)cc(Cl)c2)cc1. The van der Waals surface area contributed by atoms with Gasteiger partial charge in [0, 0.05) is 20.6 Å². The number of carbonyl (C=O) groups excluding carboxylic acids is 1. The van der Waals surface area contributed by atoms with Crippen molar-refractivity contribution in [3.05, 3.63) is 58.1 Å². The average Bonchev–Trinajstić information content (AvgIpc) is 2.40. The van der Waals surface area contributed by atoms with E-state index in [4.69, 9.17) is 23.2 Å². The fourth-order valence-electron chi connectivity index (χ4n) is 1.74. The van der Waals surface area contributed by atoms with Crippen molar-refractivity contribution in [2.75, 3.05) is 5.32 Å². The molecule has 0 radical (unpaired) electrons. The van der Waals surface area contributed by atoms with Gasteiger partial charge in [-0.2, -0.15) is 0 Å². The minimum absolute atomic E-state index is 0.0843. The summed E-state index contributed by atoms with van der Waals surface area (Å²) in [7, 11) is 0. The Morgan fingerprint density at radius 1 is 1.10 bits per heavy atom. The number of thioether (sulfide) groups is 1. The number of aryl methyl sites for hydroxylation is 1. The van der Waals surface area contributed by atoms with E-state index in [1.165, 1.54) is 17.3 Å². The Kier molecular flexibility index (Phi) is 5.57. The second kappa shape index (κ2) is 7.21. The molecular formula is C16H15Cl2NOS. The zero-order chi connectivity index (χ0) is 15.4. The molecule has 21 heavy (non-hydrogen) atoms. The maximum atomic E-state index is 12.2. The maximum Gasteiger partial charge on any atom is 0.237 e. The molecule has 0 aromatic heterocycles. The summed E-state index contributed by atoms with van der Waals surface area (Å²) in [5.74, 6) is -0.0843. The molecule has 0 bridgehead atoms. The fourth-order valence-corrected chi connectivity index (χ4v) is 3.14. The van der Waals surface area contributed by atoms with Crippen molar-refractivity contribution in [1.82, 2.24) is 0 Å². The monoisotopic (exact) mass is 339 g/mol. The number of carbonyl (C=O) groups is 1. The van der Waals surface area contributed by atoms with Crippen molar-refractivity contribution in [1.29, 1.82) is 0 Å². The molecule has 0 heterocycles. The Balaban J connectivity index is 2.00. The van der Waals surface area contributed by atoms with Crippen LogP contribution in [0, 0.1) is 6.92 Å². The first-order valence-corrected chi connectivity index (χ1v) is 8.08. The highest BCUT2D eigenvalue weighted by atomic mass is 35.5. The molecule has 0 aliphatic rings. The van der Waals surface area contributed by atoms with Gasteiger partial charge in [-0.05, 0) is 44.2 Å². The van der Waals surface area contributed by atoms with Crippen LogP contribution in [0.2, 0.25) is 10.0 Å². The van der Waals surface area contributed by atoms with Crippen molar-refractivity contribution in [3.63, 3.8) is 0 Å². The fraction of sp³-hybridized carbons (Fsp3) is 0.188. The molecule has 0 unspecified atom stereocenters. The summed E-state index contributed by atoms with van der Waals surface area (Å²) < 4.78 is 0. The molecule has 110 valence electrons. The van der Waals surface area contributed by atoms with Crippen molar-refractivity contribution in [2.45, 2.75) is 24.0 Å². The average molecular weight is 340 g/mol. The number of nitrogens with one attached hydrogen (secondary N) is 1. The summed E-state index contributed by atoms with van der Waals surface area (Å²) in [6, 6.07) is 13.1. The molecule has 1 N–H and O–H groups in total. The Labute approximate surface area is 138 Å². The van der Waals surface area contributed by atoms with Crippen LogP contribution >= 0.6 is 35.0 Å². The molecular weight excluding hydrogens is 325 g/mol. The molecule has 2 rings (SSSR count). The second-order valence-corrected chi connectivity index (χ2v) is 7.01. The molecule has 0 aliphatic carbocycles. The van der Waals surface area contributed by atoms with Gasteiger partial charge >= 0.3 is 0 Å². The largest absolute Gasteiger partial charge is 0.325 e. The van der Waals surface area contributed by atoms with E-state index in [1.807, 2.05) is 38.1 Å². The number of hydrogen-bond donors (Lipinski definition) is 1. The van der Waals surface area contributed by atoms with Gasteiger partial charge in [-0.15, -0.1) is 11.8 Å². The molecule has 0 spiro atoms. The first-order chi connectivity index (χ1) is 9.94. The number of anilines is 1. The molecule has 2 aromatic rings. The highest BCUT2D eigenvalue weighted by Crippen LogP contribution is 2.26. The van der Waals surface area contributed by atoms with E-state index in [9.17, 15) is 4.79 Å². The lowest BCUT2D eigenvalue weighted by atomic mass is 10.2. The van der Waals surface area contributed by atoms with Crippen LogP contribution in [-0.4, -0.2) is 11.2 Å². The molecule has 1 atom stereocenters. The third kappa shape index (κ3) is 4.95. The normalized spacial score (nSPS) is 12.0. The van der Waals surface area contributed by atoms with Crippen LogP contribution in [0.1, 0.15) is 12.5 Å². The van der Waals surface area contributed by atoms with Gasteiger partial charge in [0.1, 0.15) is 0 Å². The van der Waals surface area contributed by atoms with Crippen LogP contribution in [0.25, 0.3) is 0 Å². The van der Waals surface area contributed by atoms with Crippen molar-refractivity contribution < 1.29 is 4.79 Å². The van der Waals surface area contributed by atoms with E-state index in [0.29, 0.717) is 15.7 Å². The zero-order valence-corrected chi connectivity index (χ0v) is 14.0. The Morgan fingerprint density at radius 3 is 2.24 bits per heavy atom. The zero-order valence-electron chi connectivity index (χ0n) is 11.7. The van der Waals surface area contributed by atoms with Crippen LogP contribution in [0.3, 0.4) is 0 Å². The lowest BCUT2D eigenvalue weighted by Crippen LogP contribution is -2.22. The maximum absolute atomic E-state index is 12.2. The Hall–Kier alpha value is -1.16. The van der Waals surface area contributed by atoms with Crippen LogP contribution in [-0.2, 0) is 4.79 Å². The van der Waals surface area contributed by atoms with E-state index in [-0.39, 0.29) is 11.2 Å². The summed E-state index contributed by atoms with van der Waals surface area (Å²) >= 11 is 13.3. The van der Waals surface area contributed by atoms with E-state index < -0.39 is 0 Å². The number of amides is 1. The van der Waals surface area contributed by atoms with E-state index in [2.05, 4.69) is 5.32 Å². The number of rotatable bonds is 4. The second-order valence-electron chi connectivity index (χ2n) is 4.72. The molecule has 0 saturated heterocycles.